The van der Waals surface area contributed by atoms with E-state index in [-0.39, 0.29) is 17.9 Å². The Bertz CT molecular complexity index is 3090. The van der Waals surface area contributed by atoms with Crippen LogP contribution in [0.3, 0.4) is 0 Å². The van der Waals surface area contributed by atoms with E-state index in [4.69, 9.17) is 0 Å². The maximum atomic E-state index is 14.2. The first-order valence-corrected chi connectivity index (χ1v) is 22.1. The van der Waals surface area contributed by atoms with E-state index in [1.54, 1.807) is 35.0 Å². The SMILES string of the molecule is C=C(C(=O)O)c1c2ccccc2cc[n+]1CC(=O)c1ccccc1.FC(F)(F)c1cc([B-](c2cc(C(F)(F)F)cc(C(F)(F)F)c2)(c2cc(C(F)(F)F)cc(C(F)(F)F)c2)c2cc(C(F)(F)F)cc(C(F)(F)F)c2)cc(C(F)(F)F)c1. The van der Waals surface area contributed by atoms with Crippen LogP contribution in [-0.4, -0.2) is 23.0 Å². The number of ketones is 1. The molecule has 0 bridgehead atoms. The van der Waals surface area contributed by atoms with Gasteiger partial charge in [0.1, 0.15) is 11.7 Å². The third kappa shape index (κ3) is 13.8. The smallest absolute Gasteiger partial charge is 0.416 e. The van der Waals surface area contributed by atoms with Gasteiger partial charge in [-0.15, -0.1) is 0 Å². The normalized spacial score (nSPS) is 13.2. The number of pyridine rings is 1. The largest absolute Gasteiger partial charge is 0.477 e. The fourth-order valence-electron chi connectivity index (χ4n) is 8.77. The van der Waals surface area contributed by atoms with Crippen LogP contribution >= 0.6 is 0 Å². The van der Waals surface area contributed by atoms with Crippen molar-refractivity contribution in [2.24, 2.45) is 0 Å². The Balaban J connectivity index is 0.000000363. The van der Waals surface area contributed by atoms with Crippen molar-refractivity contribution in [1.29, 1.82) is 0 Å². The van der Waals surface area contributed by atoms with Crippen molar-refractivity contribution in [3.63, 3.8) is 0 Å². The molecule has 0 fully saturated rings. The van der Waals surface area contributed by atoms with E-state index in [0.717, 1.165) is 10.8 Å². The first kappa shape index (κ1) is 62.2. The Morgan fingerprint density at radius 3 is 0.938 bits per heavy atom. The number of hydrogen-bond acceptors (Lipinski definition) is 2. The molecule has 81 heavy (non-hydrogen) atoms. The number of carboxylic acid groups (broad SMARTS) is 1. The van der Waals surface area contributed by atoms with E-state index in [1.165, 1.54) is 0 Å². The lowest BCUT2D eigenvalue weighted by atomic mass is 9.12. The third-order valence-corrected chi connectivity index (χ3v) is 12.3. The van der Waals surface area contributed by atoms with Crippen LogP contribution in [0.25, 0.3) is 16.3 Å². The van der Waals surface area contributed by atoms with Gasteiger partial charge in [-0.25, -0.2) is 4.79 Å². The quantitative estimate of drug-likeness (QED) is 0.0515. The number of nitrogens with zero attached hydrogens (tertiary/aromatic N) is 1. The zero-order valence-electron chi connectivity index (χ0n) is 39.6. The molecule has 1 aromatic heterocycles. The van der Waals surface area contributed by atoms with E-state index in [9.17, 15) is 120 Å². The molecule has 0 saturated heterocycles. The molecule has 0 atom stereocenters. The minimum absolute atomic E-state index is 0.0346. The van der Waals surface area contributed by atoms with Gasteiger partial charge < -0.3 is 5.11 Å². The van der Waals surface area contributed by atoms with Gasteiger partial charge in [-0.2, -0.15) is 132 Å². The van der Waals surface area contributed by atoms with Gasteiger partial charge in [-0.3, -0.25) is 4.79 Å². The van der Waals surface area contributed by atoms with Gasteiger partial charge in [0.25, 0.3) is 0 Å². The van der Waals surface area contributed by atoms with Crippen molar-refractivity contribution in [3.8, 4) is 0 Å². The van der Waals surface area contributed by atoms with Gasteiger partial charge >= 0.3 is 55.4 Å². The molecule has 0 spiro atoms. The fraction of sp³-hybridized carbons (Fsp3) is 0.173. The Labute approximate surface area is 438 Å². The van der Waals surface area contributed by atoms with Gasteiger partial charge in [-0.05, 0) is 35.7 Å². The lowest BCUT2D eigenvalue weighted by Crippen LogP contribution is -2.75. The molecule has 0 radical (unpaired) electrons. The number of carbonyl (C=O) groups excluding carboxylic acids is 1. The minimum Gasteiger partial charge on any atom is -0.477 e. The van der Waals surface area contributed by atoms with Crippen LogP contribution < -0.4 is 26.4 Å². The van der Waals surface area contributed by atoms with Crippen LogP contribution in [-0.2, 0) is 60.7 Å². The highest BCUT2D eigenvalue weighted by molar-refractivity contribution is 7.20. The van der Waals surface area contributed by atoms with Crippen molar-refractivity contribution in [2.75, 3.05) is 0 Å². The van der Waals surface area contributed by atoms with Crippen molar-refractivity contribution < 1.29 is 125 Å². The molecule has 0 aliphatic carbocycles. The van der Waals surface area contributed by atoms with Crippen molar-refractivity contribution in [1.82, 2.24) is 0 Å². The number of carbonyl (C=O) groups is 2. The number of aromatic nitrogens is 1. The Morgan fingerprint density at radius 1 is 0.395 bits per heavy atom. The van der Waals surface area contributed by atoms with E-state index < -0.39 is 201 Å². The lowest BCUT2D eigenvalue weighted by molar-refractivity contribution is -0.683. The van der Waals surface area contributed by atoms with E-state index in [1.807, 2.05) is 36.4 Å². The molecule has 1 heterocycles. The van der Waals surface area contributed by atoms with Crippen molar-refractivity contribution in [2.45, 2.75) is 56.0 Å². The summed E-state index contributed by atoms with van der Waals surface area (Å²) in [6.07, 6.45) is -53.1. The number of hydrogen-bond donors (Lipinski definition) is 1. The Morgan fingerprint density at radius 2 is 0.667 bits per heavy atom. The van der Waals surface area contributed by atoms with Gasteiger partial charge in [0.05, 0.1) is 49.9 Å². The first-order valence-electron chi connectivity index (χ1n) is 22.1. The van der Waals surface area contributed by atoms with Crippen molar-refractivity contribution >= 4 is 56.1 Å². The summed E-state index contributed by atoms with van der Waals surface area (Å²) in [5, 5.41) is 11.0. The average molecular weight is 1180 g/mol. The molecule has 0 aliphatic heterocycles. The predicted octanol–water partition coefficient (Wildman–Crippen LogP) is 14.3. The van der Waals surface area contributed by atoms with Crippen LogP contribution in [0.2, 0.25) is 0 Å². The van der Waals surface area contributed by atoms with Gasteiger partial charge in [0.15, 0.2) is 6.20 Å². The molecule has 6 aromatic carbocycles. The highest BCUT2D eigenvalue weighted by Crippen LogP contribution is 2.41. The molecule has 0 aliphatic rings. The molecule has 0 saturated carbocycles. The molecule has 7 aromatic rings. The number of rotatable bonds is 9. The lowest BCUT2D eigenvalue weighted by Gasteiger charge is -2.46. The average Bonchev–Trinajstić information content (AvgIpc) is 3.56. The number of fused-ring (bicyclic) bond motifs is 1. The van der Waals surface area contributed by atoms with Crippen LogP contribution in [0.4, 0.5) is 105 Å². The maximum absolute atomic E-state index is 14.2. The summed E-state index contributed by atoms with van der Waals surface area (Å²) in [6.45, 7) is 3.74. The number of Topliss-reactive ketones (excluding diaryl/α,β-unsaturated/α-hetero) is 1. The second kappa shape index (κ2) is 21.5. The van der Waals surface area contributed by atoms with Crippen LogP contribution in [0.1, 0.15) is 60.6 Å². The summed E-state index contributed by atoms with van der Waals surface area (Å²) < 4.78 is 342. The Kier molecular flexibility index (Phi) is 16.5. The summed E-state index contributed by atoms with van der Waals surface area (Å²) in [5.74, 6) is -1.19. The van der Waals surface area contributed by atoms with Gasteiger partial charge in [-0.1, -0.05) is 104 Å². The van der Waals surface area contributed by atoms with Gasteiger partial charge in [0, 0.05) is 11.6 Å². The molecular weight excluding hydrogens is 1150 g/mol. The van der Waals surface area contributed by atoms with Crippen LogP contribution in [0.15, 0.2) is 146 Å². The van der Waals surface area contributed by atoms with E-state index in [0.29, 0.717) is 11.3 Å². The van der Waals surface area contributed by atoms with E-state index in [2.05, 4.69) is 6.58 Å². The summed E-state index contributed by atoms with van der Waals surface area (Å²) in [6, 6.07) is 9.45. The van der Waals surface area contributed by atoms with E-state index >= 15 is 0 Å². The monoisotopic (exact) mass is 1180 g/mol. The first-order chi connectivity index (χ1) is 36.8. The zero-order valence-corrected chi connectivity index (χ0v) is 39.6. The molecular formula is C52H28BF24NO3. The fourth-order valence-corrected chi connectivity index (χ4v) is 8.77. The minimum atomic E-state index is -6.13. The number of carboxylic acids is 1. The molecule has 0 amide bonds. The standard InChI is InChI=1S/C32H12BF24.C20H15NO3/c34-25(35,36)13-1-14(26(37,38)39)6-21(5-13)33(22-7-15(27(40,41)42)2-16(8-22)28(43,44)45,23-9-17(29(46,47)48)3-18(10-23)30(49,50)51)24-11-19(31(52,53)54)4-20(12-24)32(55,56)57;1-14(20(23)24)19-17-10-6-5-7-15(17)11-12-21(19)13-18(22)16-8-3-2-4-9-16/h1-12H;2-12H,1,13H2/q-1;/p+1. The highest BCUT2D eigenvalue weighted by Gasteiger charge is 2.47. The summed E-state index contributed by atoms with van der Waals surface area (Å²) in [5.41, 5.74) is -29.2. The summed E-state index contributed by atoms with van der Waals surface area (Å²) >= 11 is 0. The molecule has 1 N–H and O–H groups in total. The third-order valence-electron chi connectivity index (χ3n) is 12.3. The second-order valence-electron chi connectivity index (χ2n) is 17.7. The maximum Gasteiger partial charge on any atom is 0.416 e. The summed E-state index contributed by atoms with van der Waals surface area (Å²) in [7, 11) is 0. The molecule has 430 valence electrons. The van der Waals surface area contributed by atoms with Crippen LogP contribution in [0, 0.1) is 0 Å². The topological polar surface area (TPSA) is 58.2 Å². The number of aliphatic carboxylic acids is 1. The molecule has 29 heteroatoms. The van der Waals surface area contributed by atoms with Crippen LogP contribution in [0.5, 0.6) is 0 Å². The highest BCUT2D eigenvalue weighted by atomic mass is 19.4. The summed E-state index contributed by atoms with van der Waals surface area (Å²) in [4.78, 5) is 24.0. The zero-order chi connectivity index (χ0) is 61.0. The number of halogens is 24. The van der Waals surface area contributed by atoms with Gasteiger partial charge in [0.2, 0.25) is 18.0 Å². The molecule has 7 rings (SSSR count). The Hall–Kier alpha value is -8.01. The second-order valence-corrected chi connectivity index (χ2v) is 17.7. The number of benzene rings is 6. The molecule has 0 unspecified atom stereocenters. The van der Waals surface area contributed by atoms with Crippen molar-refractivity contribution in [3.05, 3.63) is 202 Å². The predicted molar refractivity (Wildman–Crippen MR) is 242 cm³/mol. The molecule has 4 nitrogen and oxygen atoms in total. The number of alkyl halides is 24.